The van der Waals surface area contributed by atoms with Gasteiger partial charge < -0.3 is 27.4 Å². The van der Waals surface area contributed by atoms with E-state index in [1.165, 1.54) is 63.2 Å². The third-order valence-electron chi connectivity index (χ3n) is 28.0. The molecule has 140 heavy (non-hydrogen) atoms. The van der Waals surface area contributed by atoms with Gasteiger partial charge in [0.05, 0.1) is 137 Å². The molecule has 18 heteroatoms. The number of hydrogen-bond acceptors (Lipinski definition) is 4. The lowest BCUT2D eigenvalue weighted by molar-refractivity contribution is 0.628. The molecule has 0 saturated carbocycles. The van der Waals surface area contributed by atoms with Crippen LogP contribution in [0.2, 0.25) is 0 Å². The first-order chi connectivity index (χ1) is 68.4. The van der Waals surface area contributed by atoms with E-state index in [4.69, 9.17) is 26.3 Å². The predicted molar refractivity (Wildman–Crippen MR) is 551 cm³/mol. The maximum atomic E-state index is 15.3. The van der Waals surface area contributed by atoms with E-state index < -0.39 is 23.3 Å². The van der Waals surface area contributed by atoms with E-state index in [-0.39, 0.29) is 55.8 Å². The Morgan fingerprint density at radius 1 is 0.236 bits per heavy atom. The molecule has 26 rings (SSSR count). The number of rotatable bonds is 6. The molecule has 6 heterocycles. The molecule has 0 amide bonds. The standard InChI is InChI=1S/2C32H17FN4.2C29H18FN3/c1-35-30-28(18-15-20(19-34)29(30)33)37-27-14-8-6-12-23(27)25-17-16-24-22-11-5-7-13-26(22)36(31(24)32(25)37)21-9-3-2-4-10-21;1-35-32-28(16-15-20(19-34)31(32)33)37-27-14-8-6-12-23(27)25-17-29-24(18-30(25)37)22-11-5-7-13-26(22)36(29)21-9-3-2-4-10-21;1-29(2)21-10-6-4-8-18(21)19-13-15-23-25(26(19)29)20-9-5-7-11-22(20)33(23)24-14-12-17(16-31)27(30)28(24)32-3;1-29(2)22-10-6-4-8-18(22)20-15-26-21(14-23(20)29)19-9-5-7-11-24(19)33(26)25-13-12-17(16-31)27(30)28(25)32-3/h2*2-18H;2*4-15H,1-2H3. The number of benzene rings is 18. The molecule has 0 saturated heterocycles. The van der Waals surface area contributed by atoms with Crippen molar-refractivity contribution in [1.29, 1.82) is 21.0 Å². The summed E-state index contributed by atoms with van der Waals surface area (Å²) in [5.74, 6) is -3.13. The van der Waals surface area contributed by atoms with Gasteiger partial charge in [0.15, 0.2) is 0 Å². The Morgan fingerprint density at radius 3 is 0.971 bits per heavy atom. The minimum Gasteiger partial charge on any atom is -0.319 e. The maximum absolute atomic E-state index is 15.3. The first kappa shape index (κ1) is 84.6. The molecule has 2 aliphatic carbocycles. The number of para-hydroxylation sites is 8. The van der Waals surface area contributed by atoms with Crippen LogP contribution >= 0.6 is 0 Å². The fraction of sp³-hybridized carbons (Fsp3) is 0.0492. The monoisotopic (exact) mass is 1810 g/mol. The number of aromatic nitrogens is 6. The van der Waals surface area contributed by atoms with Gasteiger partial charge in [-0.15, -0.1) is 0 Å². The van der Waals surface area contributed by atoms with E-state index >= 15 is 8.78 Å². The molecular formula is C122H70F4N14. The quantitative estimate of drug-likeness (QED) is 0.121. The van der Waals surface area contributed by atoms with E-state index in [0.29, 0.717) is 22.7 Å². The lowest BCUT2D eigenvalue weighted by Crippen LogP contribution is -2.15. The van der Waals surface area contributed by atoms with Gasteiger partial charge in [0.2, 0.25) is 22.7 Å². The van der Waals surface area contributed by atoms with E-state index in [1.807, 2.05) is 188 Å². The van der Waals surface area contributed by atoms with Crippen molar-refractivity contribution in [2.75, 3.05) is 0 Å². The lowest BCUT2D eigenvalue weighted by atomic mass is 9.80. The number of halogens is 4. The largest absolute Gasteiger partial charge is 0.319 e. The fourth-order valence-electron chi connectivity index (χ4n) is 21.9. The van der Waals surface area contributed by atoms with Crippen molar-refractivity contribution in [2.45, 2.75) is 38.5 Å². The van der Waals surface area contributed by atoms with Crippen molar-refractivity contribution in [3.05, 3.63) is 465 Å². The topological polar surface area (TPSA) is 142 Å². The van der Waals surface area contributed by atoms with Crippen LogP contribution in [-0.4, -0.2) is 27.4 Å². The summed E-state index contributed by atoms with van der Waals surface area (Å²) >= 11 is 0. The average molecular weight is 1810 g/mol. The highest BCUT2D eigenvalue weighted by Gasteiger charge is 2.40. The molecule has 6 aromatic heterocycles. The summed E-state index contributed by atoms with van der Waals surface area (Å²) in [6.45, 7) is 39.8. The molecule has 14 nitrogen and oxygen atoms in total. The Balaban J connectivity index is 0.000000104. The van der Waals surface area contributed by atoms with Gasteiger partial charge >= 0.3 is 0 Å². The van der Waals surface area contributed by atoms with Crippen molar-refractivity contribution in [1.82, 2.24) is 27.4 Å². The first-order valence-electron chi connectivity index (χ1n) is 45.2. The van der Waals surface area contributed by atoms with Gasteiger partial charge in [-0.1, -0.05) is 240 Å². The smallest absolute Gasteiger partial charge is 0.246 e. The summed E-state index contributed by atoms with van der Waals surface area (Å²) in [6.07, 6.45) is 0. The summed E-state index contributed by atoms with van der Waals surface area (Å²) in [5, 5.41) is 49.8. The zero-order chi connectivity index (χ0) is 96.0. The normalized spacial score (nSPS) is 12.3. The third-order valence-corrected chi connectivity index (χ3v) is 28.0. The highest BCUT2D eigenvalue weighted by molar-refractivity contribution is 6.25. The minimum atomic E-state index is -0.795. The van der Waals surface area contributed by atoms with Gasteiger partial charge in [-0.05, 0) is 184 Å². The van der Waals surface area contributed by atoms with Crippen molar-refractivity contribution >= 4 is 154 Å². The summed E-state index contributed by atoms with van der Waals surface area (Å²) in [6, 6.07) is 123. The molecule has 24 aromatic rings. The number of fused-ring (bicyclic) bond motifs is 26. The lowest BCUT2D eigenvalue weighted by Gasteiger charge is -2.22. The second-order valence-corrected chi connectivity index (χ2v) is 35.7. The second-order valence-electron chi connectivity index (χ2n) is 35.7. The van der Waals surface area contributed by atoms with Crippen LogP contribution in [0.25, 0.3) is 207 Å². The zero-order valence-electron chi connectivity index (χ0n) is 75.3. The van der Waals surface area contributed by atoms with Crippen molar-refractivity contribution < 1.29 is 17.6 Å². The van der Waals surface area contributed by atoms with E-state index in [9.17, 15) is 29.8 Å². The van der Waals surface area contributed by atoms with Gasteiger partial charge in [0.25, 0.3) is 0 Å². The number of nitrogens with zero attached hydrogens (tertiary/aromatic N) is 14. The Kier molecular flexibility index (Phi) is 19.7. The highest BCUT2D eigenvalue weighted by Crippen LogP contribution is 2.56. The fourth-order valence-corrected chi connectivity index (χ4v) is 21.9. The van der Waals surface area contributed by atoms with Crippen molar-refractivity contribution in [3.63, 3.8) is 0 Å². The van der Waals surface area contributed by atoms with Gasteiger partial charge in [0, 0.05) is 86.8 Å². The molecule has 0 radical (unpaired) electrons. The summed E-state index contributed by atoms with van der Waals surface area (Å²) in [7, 11) is 0. The van der Waals surface area contributed by atoms with Crippen LogP contribution in [-0.2, 0) is 10.8 Å². The Labute approximate surface area is 799 Å². The number of hydrogen-bond donors (Lipinski definition) is 0. The summed E-state index contributed by atoms with van der Waals surface area (Å²) in [5.41, 5.74) is 23.5. The molecule has 0 spiro atoms. The average Bonchev–Trinajstić information content (AvgIpc) is 1.55. The second kappa shape index (κ2) is 32.7. The van der Waals surface area contributed by atoms with Crippen LogP contribution in [0.3, 0.4) is 0 Å². The number of nitriles is 4. The van der Waals surface area contributed by atoms with Gasteiger partial charge in [0.1, 0.15) is 47.5 Å². The maximum Gasteiger partial charge on any atom is 0.246 e. The highest BCUT2D eigenvalue weighted by atomic mass is 19.1. The molecule has 0 bridgehead atoms. The summed E-state index contributed by atoms with van der Waals surface area (Å²) < 4.78 is 72.7. The SMILES string of the molecule is [C-]#[N+]c1c(-n2c3ccccc3c3c4c(ccc32)-c2ccccc2C4(C)C)ccc(C#N)c1F.[C-]#[N+]c1c(-n2c3ccccc3c3cc4c(cc32)-c2ccccc2C4(C)C)ccc(C#N)c1F.[C-]#[N+]c1c(-n2c3ccccc3c3cc4c(cc32)c2ccccc2n4-c2ccccc2)ccc(C#N)c1F.[C-]#[N+]c1c(-n2c3ccccc3c3ccc4c5ccccc5n(-c5ccccc5)c4c32)ccc(C#N)c1F. The molecule has 18 aromatic carbocycles. The third kappa shape index (κ3) is 12.4. The Morgan fingerprint density at radius 2 is 0.543 bits per heavy atom. The zero-order valence-corrected chi connectivity index (χ0v) is 75.3. The van der Waals surface area contributed by atoms with Crippen molar-refractivity contribution in [3.8, 4) is 80.7 Å². The van der Waals surface area contributed by atoms with Crippen LogP contribution in [0.4, 0.5) is 40.3 Å². The minimum absolute atomic E-state index is 0.122. The molecular weight excluding hydrogens is 1740 g/mol. The molecule has 0 atom stereocenters. The predicted octanol–water partition coefficient (Wildman–Crippen LogP) is 32.2. The van der Waals surface area contributed by atoms with Gasteiger partial charge in [-0.3, -0.25) is 0 Å². The molecule has 0 N–H and O–H groups in total. The van der Waals surface area contributed by atoms with Gasteiger partial charge in [-0.2, -0.15) is 21.0 Å². The van der Waals surface area contributed by atoms with Crippen molar-refractivity contribution in [2.24, 2.45) is 0 Å². The Hall–Kier alpha value is -19.6. The summed E-state index contributed by atoms with van der Waals surface area (Å²) in [4.78, 5) is 14.0. The van der Waals surface area contributed by atoms with E-state index in [0.717, 1.165) is 148 Å². The Bertz CT molecular complexity index is 9930. The van der Waals surface area contributed by atoms with Crippen LogP contribution in [0.1, 0.15) is 72.2 Å². The molecule has 0 aliphatic heterocycles. The van der Waals surface area contributed by atoms with E-state index in [2.05, 4.69) is 214 Å². The molecule has 0 fully saturated rings. The van der Waals surface area contributed by atoms with E-state index in [1.54, 1.807) is 24.3 Å². The molecule has 2 aliphatic rings. The molecule has 656 valence electrons. The van der Waals surface area contributed by atoms with Crippen LogP contribution in [0.5, 0.6) is 0 Å². The van der Waals surface area contributed by atoms with Crippen LogP contribution < -0.4 is 0 Å². The van der Waals surface area contributed by atoms with Gasteiger partial charge in [-0.25, -0.2) is 36.9 Å². The molecule has 0 unspecified atom stereocenters. The first-order valence-corrected chi connectivity index (χ1v) is 45.2. The van der Waals surface area contributed by atoms with Crippen LogP contribution in [0, 0.1) is 94.9 Å². The van der Waals surface area contributed by atoms with Crippen LogP contribution in [0.15, 0.2) is 352 Å².